The fraction of sp³-hybridized carbons (Fsp3) is 1.00. The van der Waals surface area contributed by atoms with Gasteiger partial charge in [0.25, 0.3) is 0 Å². The van der Waals surface area contributed by atoms with Crippen molar-refractivity contribution in [2.24, 2.45) is 0 Å². The standard InChI is InChI=1S/C18H29Cl3O14/c19-1-4-7(23)13(28)17(3-20,34-4)35-16-18(31,12(27)6(21)5(2-22)32-16)14(29)11-9(25)8(24)10(26)15(30)33-11/h4-16,22-31H,1-3H2/t4-,5-,6+,7?,8+,9-,10-,11+,12+,13?,14?,15+,16-,17+,18-/m1/s1. The maximum Gasteiger partial charge on any atom is 0.214 e. The van der Waals surface area contributed by atoms with Gasteiger partial charge in [-0.05, 0) is 0 Å². The zero-order valence-electron chi connectivity index (χ0n) is 17.9. The van der Waals surface area contributed by atoms with Gasteiger partial charge in [-0.1, -0.05) is 0 Å². The first kappa shape index (κ1) is 29.9. The summed E-state index contributed by atoms with van der Waals surface area (Å²) in [4.78, 5) is 0. The Labute approximate surface area is 213 Å². The third kappa shape index (κ3) is 4.92. The minimum absolute atomic E-state index is 0.315. The number of ether oxygens (including phenoxy) is 4. The topological polar surface area (TPSA) is 239 Å². The summed E-state index contributed by atoms with van der Waals surface area (Å²) in [6.07, 6.45) is -23.3. The van der Waals surface area contributed by atoms with Gasteiger partial charge >= 0.3 is 0 Å². The van der Waals surface area contributed by atoms with Crippen LogP contribution >= 0.6 is 34.8 Å². The van der Waals surface area contributed by atoms with Crippen LogP contribution < -0.4 is 0 Å². The number of hydrogen-bond donors (Lipinski definition) is 10. The van der Waals surface area contributed by atoms with Crippen LogP contribution in [0.5, 0.6) is 0 Å². The molecule has 3 fully saturated rings. The molecule has 35 heavy (non-hydrogen) atoms. The first-order valence-corrected chi connectivity index (χ1v) is 12.0. The highest BCUT2D eigenvalue weighted by Gasteiger charge is 2.66. The van der Waals surface area contributed by atoms with Gasteiger partial charge in [0, 0.05) is 0 Å². The monoisotopic (exact) mass is 574 g/mol. The molecule has 0 aromatic carbocycles. The van der Waals surface area contributed by atoms with Crippen LogP contribution in [0.2, 0.25) is 0 Å². The Morgan fingerprint density at radius 3 is 2.00 bits per heavy atom. The molecule has 0 spiro atoms. The molecule has 0 bridgehead atoms. The van der Waals surface area contributed by atoms with Crippen molar-refractivity contribution in [3.8, 4) is 0 Å². The molecule has 0 aromatic rings. The van der Waals surface area contributed by atoms with Gasteiger partial charge in [-0.2, -0.15) is 0 Å². The fourth-order valence-corrected chi connectivity index (χ4v) is 5.21. The van der Waals surface area contributed by atoms with E-state index >= 15 is 0 Å². The van der Waals surface area contributed by atoms with E-state index in [1.54, 1.807) is 0 Å². The number of aliphatic hydroxyl groups is 10. The van der Waals surface area contributed by atoms with Gasteiger partial charge in [-0.3, -0.25) is 0 Å². The summed E-state index contributed by atoms with van der Waals surface area (Å²) in [5.74, 6) is -3.33. The predicted octanol–water partition coefficient (Wildman–Crippen LogP) is -5.13. The zero-order valence-corrected chi connectivity index (χ0v) is 20.1. The summed E-state index contributed by atoms with van der Waals surface area (Å²) in [7, 11) is 0. The maximum atomic E-state index is 11.5. The summed E-state index contributed by atoms with van der Waals surface area (Å²) in [5, 5.41) is 102. The average molecular weight is 576 g/mol. The van der Waals surface area contributed by atoms with Crippen LogP contribution in [0.3, 0.4) is 0 Å². The van der Waals surface area contributed by atoms with E-state index in [0.29, 0.717) is 0 Å². The van der Waals surface area contributed by atoms with Gasteiger partial charge < -0.3 is 70.0 Å². The second kappa shape index (κ2) is 11.2. The molecule has 3 saturated heterocycles. The van der Waals surface area contributed by atoms with E-state index in [1.807, 2.05) is 0 Å². The second-order valence-electron chi connectivity index (χ2n) is 8.68. The van der Waals surface area contributed by atoms with E-state index in [1.165, 1.54) is 0 Å². The van der Waals surface area contributed by atoms with Crippen molar-refractivity contribution in [1.82, 2.24) is 0 Å². The number of halogens is 3. The summed E-state index contributed by atoms with van der Waals surface area (Å²) >= 11 is 17.8. The lowest BCUT2D eigenvalue weighted by Gasteiger charge is -2.53. The van der Waals surface area contributed by atoms with Gasteiger partial charge in [-0.25, -0.2) is 0 Å². The van der Waals surface area contributed by atoms with E-state index in [9.17, 15) is 51.1 Å². The van der Waals surface area contributed by atoms with Crippen LogP contribution in [0.4, 0.5) is 0 Å². The quantitative estimate of drug-likeness (QED) is 0.128. The molecule has 0 aliphatic carbocycles. The van der Waals surface area contributed by atoms with E-state index < -0.39 is 103 Å². The largest absolute Gasteiger partial charge is 0.394 e. The van der Waals surface area contributed by atoms with Crippen LogP contribution in [0.1, 0.15) is 0 Å². The predicted molar refractivity (Wildman–Crippen MR) is 113 cm³/mol. The Kier molecular flexibility index (Phi) is 9.55. The molecule has 3 aliphatic heterocycles. The summed E-state index contributed by atoms with van der Waals surface area (Å²) in [5.41, 5.74) is -3.07. The highest BCUT2D eigenvalue weighted by atomic mass is 35.5. The van der Waals surface area contributed by atoms with E-state index in [0.717, 1.165) is 0 Å². The first-order chi connectivity index (χ1) is 16.3. The second-order valence-corrected chi connectivity index (χ2v) is 9.76. The third-order valence-corrected chi connectivity index (χ3v) is 7.74. The molecule has 10 N–H and O–H groups in total. The number of rotatable bonds is 7. The zero-order chi connectivity index (χ0) is 26.5. The SMILES string of the molecule is OC[C@H]1O[C@H](O[C@]2(CCl)O[C@H](CCl)C(O)C2O)[C@](O)(C(O)[C@H]2O[C@H](O)[C@H](O)[C@@H](O)[C@H]2O)[C@@H](O)[C@H]1Cl. The third-order valence-electron chi connectivity index (χ3n) is 6.55. The Bertz CT molecular complexity index is 726. The molecule has 206 valence electrons. The van der Waals surface area contributed by atoms with Gasteiger partial charge in [0.05, 0.1) is 23.7 Å². The lowest BCUT2D eigenvalue weighted by atomic mass is 9.78. The molecule has 0 amide bonds. The summed E-state index contributed by atoms with van der Waals surface area (Å²) in [6, 6.07) is 0. The first-order valence-electron chi connectivity index (χ1n) is 10.5. The van der Waals surface area contributed by atoms with Crippen LogP contribution in [-0.4, -0.2) is 160 Å². The van der Waals surface area contributed by atoms with E-state index in [-0.39, 0.29) is 5.88 Å². The molecule has 3 unspecified atom stereocenters. The lowest BCUT2D eigenvalue weighted by Crippen LogP contribution is -2.76. The molecule has 3 aliphatic rings. The van der Waals surface area contributed by atoms with Gasteiger partial charge in [0.1, 0.15) is 61.0 Å². The lowest BCUT2D eigenvalue weighted by molar-refractivity contribution is -0.406. The Hall–Kier alpha value is 0.310. The molecule has 15 atom stereocenters. The highest BCUT2D eigenvalue weighted by Crippen LogP contribution is 2.43. The fourth-order valence-electron chi connectivity index (χ4n) is 4.33. The van der Waals surface area contributed by atoms with Crippen molar-refractivity contribution < 1.29 is 70.0 Å². The van der Waals surface area contributed by atoms with Crippen molar-refractivity contribution in [3.63, 3.8) is 0 Å². The van der Waals surface area contributed by atoms with Gasteiger partial charge in [0.2, 0.25) is 5.79 Å². The van der Waals surface area contributed by atoms with Crippen LogP contribution in [-0.2, 0) is 18.9 Å². The number of alkyl halides is 3. The molecule has 0 saturated carbocycles. The Balaban J connectivity index is 2.00. The molecule has 17 heteroatoms. The van der Waals surface area contributed by atoms with Crippen LogP contribution in [0.25, 0.3) is 0 Å². The summed E-state index contributed by atoms with van der Waals surface area (Å²) < 4.78 is 21.5. The van der Waals surface area contributed by atoms with Crippen molar-refractivity contribution in [2.45, 2.75) is 90.4 Å². The smallest absolute Gasteiger partial charge is 0.214 e. The number of hydrogen-bond acceptors (Lipinski definition) is 14. The van der Waals surface area contributed by atoms with Crippen LogP contribution in [0, 0.1) is 0 Å². The maximum absolute atomic E-state index is 11.5. The Morgan fingerprint density at radius 1 is 0.857 bits per heavy atom. The molecular weight excluding hydrogens is 547 g/mol. The van der Waals surface area contributed by atoms with E-state index in [2.05, 4.69) is 0 Å². The molecular formula is C18H29Cl3O14. The Morgan fingerprint density at radius 2 is 1.49 bits per heavy atom. The summed E-state index contributed by atoms with van der Waals surface area (Å²) in [6.45, 7) is -0.812. The van der Waals surface area contributed by atoms with Crippen LogP contribution in [0.15, 0.2) is 0 Å². The minimum atomic E-state index is -3.07. The molecule has 14 nitrogen and oxygen atoms in total. The van der Waals surface area contributed by atoms with E-state index in [4.69, 9.17) is 53.8 Å². The molecule has 3 heterocycles. The van der Waals surface area contributed by atoms with Crippen molar-refractivity contribution in [2.75, 3.05) is 18.4 Å². The van der Waals surface area contributed by atoms with Gasteiger partial charge in [-0.15, -0.1) is 34.8 Å². The molecule has 3 rings (SSSR count). The van der Waals surface area contributed by atoms with Crippen molar-refractivity contribution in [1.29, 1.82) is 0 Å². The highest BCUT2D eigenvalue weighted by molar-refractivity contribution is 6.21. The average Bonchev–Trinajstić information content (AvgIpc) is 3.09. The minimum Gasteiger partial charge on any atom is -0.394 e. The molecule has 0 aromatic heterocycles. The van der Waals surface area contributed by atoms with Crippen molar-refractivity contribution >= 4 is 34.8 Å². The molecule has 0 radical (unpaired) electrons. The number of aliphatic hydroxyl groups excluding tert-OH is 9. The normalized spacial score (nSPS) is 54.1. The van der Waals surface area contributed by atoms with Crippen molar-refractivity contribution in [3.05, 3.63) is 0 Å². The van der Waals surface area contributed by atoms with Gasteiger partial charge in [0.15, 0.2) is 18.2 Å².